The molecule has 0 unspecified atom stereocenters. The van der Waals surface area contributed by atoms with Crippen LogP contribution in [-0.2, 0) is 21.6 Å². The van der Waals surface area contributed by atoms with Crippen molar-refractivity contribution in [3.8, 4) is 5.75 Å². The van der Waals surface area contributed by atoms with Gasteiger partial charge in [-0.15, -0.1) is 11.3 Å². The number of aliphatic hydroxyl groups excluding tert-OH is 1. The van der Waals surface area contributed by atoms with E-state index in [1.165, 1.54) is 10.4 Å². The maximum Gasteiger partial charge on any atom is 0.329 e. The van der Waals surface area contributed by atoms with E-state index in [-0.39, 0.29) is 24.5 Å². The Morgan fingerprint density at radius 2 is 1.81 bits per heavy atom. The van der Waals surface area contributed by atoms with Crippen LogP contribution in [0.25, 0.3) is 0 Å². The summed E-state index contributed by atoms with van der Waals surface area (Å²) in [6.07, 6.45) is 1.41. The van der Waals surface area contributed by atoms with E-state index in [1.807, 2.05) is 26.8 Å². The molecule has 2 N–H and O–H groups in total. The van der Waals surface area contributed by atoms with Crippen molar-refractivity contribution in [2.24, 2.45) is 5.92 Å². The van der Waals surface area contributed by atoms with Crippen LogP contribution in [-0.4, -0.2) is 35.5 Å². The number of aliphatic carboxylic acids is 1. The monoisotopic (exact) mass is 448 g/mol. The van der Waals surface area contributed by atoms with Crippen molar-refractivity contribution in [2.75, 3.05) is 13.2 Å². The van der Waals surface area contributed by atoms with Crippen LogP contribution in [0.15, 0.2) is 24.3 Å². The molecule has 2 rings (SSSR count). The lowest BCUT2D eigenvalue weighted by Gasteiger charge is -2.32. The Morgan fingerprint density at radius 1 is 1.13 bits per heavy atom. The van der Waals surface area contributed by atoms with Crippen molar-refractivity contribution in [3.63, 3.8) is 0 Å². The number of rotatable bonds is 12. The van der Waals surface area contributed by atoms with Gasteiger partial charge in [0, 0.05) is 15.2 Å². The third kappa shape index (κ3) is 6.09. The van der Waals surface area contributed by atoms with Gasteiger partial charge in [0.15, 0.2) is 0 Å². The average molecular weight is 449 g/mol. The zero-order chi connectivity index (χ0) is 23.2. The van der Waals surface area contributed by atoms with Gasteiger partial charge in [0.1, 0.15) is 19.0 Å². The highest BCUT2D eigenvalue weighted by Crippen LogP contribution is 2.44. The predicted octanol–water partition coefficient (Wildman–Crippen LogP) is 5.47. The van der Waals surface area contributed by atoms with Crippen molar-refractivity contribution in [2.45, 2.75) is 72.5 Å². The number of thiophene rings is 1. The fourth-order valence-electron chi connectivity index (χ4n) is 3.76. The van der Waals surface area contributed by atoms with Crippen LogP contribution >= 0.6 is 11.3 Å². The molecule has 1 aromatic carbocycles. The highest BCUT2D eigenvalue weighted by atomic mass is 32.1. The third-order valence-electron chi connectivity index (χ3n) is 6.06. The molecule has 0 amide bonds. The number of benzene rings is 1. The fraction of sp³-hybridized carbons (Fsp3) is 0.560. The normalized spacial score (nSPS) is 12.9. The van der Waals surface area contributed by atoms with Crippen LogP contribution in [0, 0.1) is 19.8 Å². The zero-order valence-electron chi connectivity index (χ0n) is 19.5. The molecule has 172 valence electrons. The summed E-state index contributed by atoms with van der Waals surface area (Å²) in [5.74, 6) is 0.00224. The molecule has 1 heterocycles. The highest BCUT2D eigenvalue weighted by Gasteiger charge is 2.33. The Morgan fingerprint density at radius 3 is 2.35 bits per heavy atom. The van der Waals surface area contributed by atoms with E-state index in [9.17, 15) is 9.90 Å². The van der Waals surface area contributed by atoms with E-state index in [2.05, 4.69) is 39.0 Å². The molecule has 31 heavy (non-hydrogen) atoms. The van der Waals surface area contributed by atoms with Crippen LogP contribution in [0.3, 0.4) is 0 Å². The van der Waals surface area contributed by atoms with E-state index < -0.39 is 12.1 Å². The Hall–Kier alpha value is -1.89. The second-order valence-electron chi connectivity index (χ2n) is 8.50. The summed E-state index contributed by atoms with van der Waals surface area (Å²) in [4.78, 5) is 13.1. The molecule has 6 heteroatoms. The second kappa shape index (κ2) is 11.1. The summed E-state index contributed by atoms with van der Waals surface area (Å²) in [6, 6.07) is 8.55. The maximum absolute atomic E-state index is 10.7. The minimum Gasteiger partial charge on any atom is -0.491 e. The number of aryl methyl sites for hydroxylation is 2. The smallest absolute Gasteiger partial charge is 0.329 e. The van der Waals surface area contributed by atoms with Gasteiger partial charge < -0.3 is 19.7 Å². The van der Waals surface area contributed by atoms with Gasteiger partial charge in [-0.05, 0) is 61.4 Å². The van der Waals surface area contributed by atoms with Crippen LogP contribution < -0.4 is 4.74 Å². The van der Waals surface area contributed by atoms with Crippen LogP contribution in [0.2, 0.25) is 0 Å². The minimum absolute atomic E-state index is 0.124. The van der Waals surface area contributed by atoms with Gasteiger partial charge in [0.25, 0.3) is 0 Å². The van der Waals surface area contributed by atoms with Crippen LogP contribution in [0.5, 0.6) is 5.75 Å². The molecule has 5 nitrogen and oxygen atoms in total. The van der Waals surface area contributed by atoms with Gasteiger partial charge in [-0.1, -0.05) is 39.8 Å². The lowest BCUT2D eigenvalue weighted by molar-refractivity contribution is -0.142. The fourth-order valence-corrected chi connectivity index (χ4v) is 5.22. The lowest BCUT2D eigenvalue weighted by atomic mass is 9.74. The summed E-state index contributed by atoms with van der Waals surface area (Å²) in [5, 5.41) is 18.9. The molecular formula is C25H36O5S. The minimum atomic E-state index is -0.954. The van der Waals surface area contributed by atoms with Gasteiger partial charge in [0.2, 0.25) is 0 Å². The standard InChI is InChI=1S/C25H36O5S/c1-7-25(8-2,23-12-18(6)22(31-23)14-29-15-24(27)28)19-9-10-21(17(5)11-19)30-13-20(26)16(3)4/h9-12,16,20,26H,7-8,13-15H2,1-6H3,(H,27,28)/t20-/m1/s1. The van der Waals surface area contributed by atoms with E-state index >= 15 is 0 Å². The Balaban J connectivity index is 2.30. The maximum atomic E-state index is 10.7. The summed E-state index contributed by atoms with van der Waals surface area (Å²) in [5.41, 5.74) is 3.31. The molecule has 1 atom stereocenters. The SMILES string of the molecule is CCC(CC)(c1ccc(OC[C@@H](O)C(C)C)c(C)c1)c1cc(C)c(COCC(=O)O)s1. The first-order valence-electron chi connectivity index (χ1n) is 11.0. The molecule has 0 fully saturated rings. The summed E-state index contributed by atoms with van der Waals surface area (Å²) < 4.78 is 11.2. The Bertz CT molecular complexity index is 867. The molecule has 0 saturated carbocycles. The number of ether oxygens (including phenoxy) is 2. The van der Waals surface area contributed by atoms with E-state index in [1.54, 1.807) is 11.3 Å². The molecule has 0 aliphatic heterocycles. The molecule has 0 aliphatic rings. The average Bonchev–Trinajstić information content (AvgIpc) is 3.09. The van der Waals surface area contributed by atoms with Gasteiger partial charge in [0.05, 0.1) is 12.7 Å². The summed E-state index contributed by atoms with van der Waals surface area (Å²) in [6.45, 7) is 12.8. The first-order valence-corrected chi connectivity index (χ1v) is 11.8. The van der Waals surface area contributed by atoms with Crippen LogP contribution in [0.1, 0.15) is 67.0 Å². The second-order valence-corrected chi connectivity index (χ2v) is 9.63. The Labute approximate surface area is 190 Å². The number of aliphatic hydroxyl groups is 1. The topological polar surface area (TPSA) is 76.0 Å². The predicted molar refractivity (Wildman–Crippen MR) is 125 cm³/mol. The van der Waals surface area contributed by atoms with Gasteiger partial charge in [-0.2, -0.15) is 0 Å². The lowest BCUT2D eigenvalue weighted by Crippen LogP contribution is -2.25. The van der Waals surface area contributed by atoms with E-state index in [0.29, 0.717) is 6.61 Å². The van der Waals surface area contributed by atoms with Gasteiger partial charge in [-0.3, -0.25) is 0 Å². The number of hydrogen-bond acceptors (Lipinski definition) is 5. The number of carboxylic acid groups (broad SMARTS) is 1. The first-order chi connectivity index (χ1) is 14.6. The zero-order valence-corrected chi connectivity index (χ0v) is 20.3. The van der Waals surface area contributed by atoms with Crippen molar-refractivity contribution in [3.05, 3.63) is 50.7 Å². The quantitative estimate of drug-likeness (QED) is 0.450. The van der Waals surface area contributed by atoms with Crippen molar-refractivity contribution >= 4 is 17.3 Å². The van der Waals surface area contributed by atoms with Crippen molar-refractivity contribution < 1.29 is 24.5 Å². The molecule has 0 radical (unpaired) electrons. The van der Waals surface area contributed by atoms with Crippen molar-refractivity contribution in [1.82, 2.24) is 0 Å². The van der Waals surface area contributed by atoms with E-state index in [0.717, 1.165) is 34.6 Å². The number of hydrogen-bond donors (Lipinski definition) is 2. The molecule has 1 aromatic heterocycles. The summed E-state index contributed by atoms with van der Waals surface area (Å²) >= 11 is 1.71. The van der Waals surface area contributed by atoms with Crippen molar-refractivity contribution in [1.29, 1.82) is 0 Å². The summed E-state index contributed by atoms with van der Waals surface area (Å²) in [7, 11) is 0. The molecule has 0 saturated heterocycles. The van der Waals surface area contributed by atoms with Crippen LogP contribution in [0.4, 0.5) is 0 Å². The molecular weight excluding hydrogens is 412 g/mol. The molecule has 2 aromatic rings. The third-order valence-corrected chi connectivity index (χ3v) is 7.48. The molecule has 0 bridgehead atoms. The highest BCUT2D eigenvalue weighted by molar-refractivity contribution is 7.12. The molecule has 0 spiro atoms. The van der Waals surface area contributed by atoms with E-state index in [4.69, 9.17) is 14.6 Å². The largest absolute Gasteiger partial charge is 0.491 e. The first kappa shape index (κ1) is 25.4. The number of carbonyl (C=O) groups is 1. The Kier molecular flexibility index (Phi) is 9.10. The number of carboxylic acids is 1. The van der Waals surface area contributed by atoms with Gasteiger partial charge in [-0.25, -0.2) is 4.79 Å². The molecule has 0 aliphatic carbocycles. The van der Waals surface area contributed by atoms with Gasteiger partial charge >= 0.3 is 5.97 Å².